The predicted molar refractivity (Wildman–Crippen MR) is 346 cm³/mol. The van der Waals surface area contributed by atoms with Gasteiger partial charge >= 0.3 is 23.9 Å². The van der Waals surface area contributed by atoms with Crippen molar-refractivity contribution in [1.82, 2.24) is 39.5 Å². The second-order valence-corrected chi connectivity index (χ2v) is 28.0. The van der Waals surface area contributed by atoms with Gasteiger partial charge in [-0.2, -0.15) is 0 Å². The lowest BCUT2D eigenvalue weighted by Crippen LogP contribution is -2.51. The van der Waals surface area contributed by atoms with E-state index in [1.165, 1.54) is 4.90 Å². The van der Waals surface area contributed by atoms with Crippen molar-refractivity contribution < 1.29 is 66.8 Å². The number of amides is 5. The number of esters is 4. The smallest absolute Gasteiger partial charge is 0.326 e. The number of H-pyrrole nitrogens is 2. The SMILES string of the molecule is CCCCOC(C)C1=C(C)c2cc3[nH]c(c4c5[nH]c(cc6nc(cc1n2)C(C)=C6CC)c(C)c5C(=O)N(CCCC)C4=O)[C@@H](CCC(=O)N(CC(=O)N(CC(=O)OC(C)(C)C)CC(=O)OC(C)(C)C)CC(=O)N(CC(=O)OC(C)(C)C)CC(=O)OC(C)(C)C)[C@@H]3C. The van der Waals surface area contributed by atoms with Crippen LogP contribution in [0.15, 0.2) is 18.2 Å². The molecule has 0 fully saturated rings. The highest BCUT2D eigenvalue weighted by Crippen LogP contribution is 2.45. The van der Waals surface area contributed by atoms with E-state index in [1.807, 2.05) is 59.7 Å². The van der Waals surface area contributed by atoms with Crippen LogP contribution in [-0.4, -0.2) is 174 Å². The van der Waals surface area contributed by atoms with Gasteiger partial charge in [0.1, 0.15) is 61.7 Å². The molecule has 0 spiro atoms. The molecule has 498 valence electrons. The first-order chi connectivity index (χ1) is 42.2. The van der Waals surface area contributed by atoms with Crippen molar-refractivity contribution in [3.63, 3.8) is 0 Å². The molecule has 0 saturated carbocycles. The van der Waals surface area contributed by atoms with Crippen LogP contribution >= 0.6 is 0 Å². The van der Waals surface area contributed by atoms with E-state index in [0.29, 0.717) is 76.5 Å². The Bertz CT molecular complexity index is 3310. The fourth-order valence-electron chi connectivity index (χ4n) is 11.5. The number of nitrogens with one attached hydrogen (secondary N) is 2. The summed E-state index contributed by atoms with van der Waals surface area (Å²) in [7, 11) is 0. The number of aryl methyl sites for hydroxylation is 1. The number of carbonyl (C=O) groups excluding carboxylic acids is 9. The average Bonchev–Trinajstić information content (AvgIpc) is 1.61. The van der Waals surface area contributed by atoms with Gasteiger partial charge in [-0.1, -0.05) is 40.5 Å². The number of ether oxygens (including phenoxy) is 5. The molecule has 6 rings (SSSR count). The summed E-state index contributed by atoms with van der Waals surface area (Å²) in [4.78, 5) is 151. The van der Waals surface area contributed by atoms with Gasteiger partial charge in [0.05, 0.1) is 45.5 Å². The maximum atomic E-state index is 15.4. The molecule has 8 bridgehead atoms. The quantitative estimate of drug-likeness (QED) is 0.0428. The topological polar surface area (TPSA) is 270 Å². The molecule has 5 amide bonds. The third-order valence-corrected chi connectivity index (χ3v) is 15.7. The second-order valence-electron chi connectivity index (χ2n) is 28.0. The molecule has 22 heteroatoms. The van der Waals surface area contributed by atoms with Crippen LogP contribution in [0.25, 0.3) is 33.3 Å². The van der Waals surface area contributed by atoms with E-state index >= 15 is 9.59 Å². The monoisotopic (exact) mass is 1260 g/mol. The zero-order valence-electron chi connectivity index (χ0n) is 57.5. The Kier molecular flexibility index (Phi) is 23.2. The number of fused-ring (bicyclic) bond motifs is 8. The first-order valence-corrected chi connectivity index (χ1v) is 31.9. The number of carbonyl (C=O) groups is 9. The van der Waals surface area contributed by atoms with Gasteiger partial charge in [-0.05, 0) is 177 Å². The highest BCUT2D eigenvalue weighted by Gasteiger charge is 2.42. The van der Waals surface area contributed by atoms with Crippen molar-refractivity contribution in [1.29, 1.82) is 0 Å². The molecular weight excluding hydrogens is 1160 g/mol. The number of unbranched alkanes of at least 4 members (excludes halogenated alkanes) is 2. The minimum Gasteiger partial charge on any atom is -0.459 e. The lowest BCUT2D eigenvalue weighted by atomic mass is 9.84. The van der Waals surface area contributed by atoms with Crippen LogP contribution in [0.5, 0.6) is 0 Å². The third-order valence-electron chi connectivity index (χ3n) is 15.7. The lowest BCUT2D eigenvalue weighted by Gasteiger charge is -2.31. The molecule has 2 aromatic rings. The van der Waals surface area contributed by atoms with Gasteiger partial charge in [0.15, 0.2) is 0 Å². The highest BCUT2D eigenvalue weighted by molar-refractivity contribution is 6.23. The van der Waals surface area contributed by atoms with Crippen LogP contribution in [0, 0.1) is 6.92 Å². The second kappa shape index (κ2) is 29.2. The zero-order valence-corrected chi connectivity index (χ0v) is 57.5. The predicted octanol–water partition coefficient (Wildman–Crippen LogP) is 10.7. The first kappa shape index (κ1) is 72.3. The molecule has 2 aromatic heterocycles. The van der Waals surface area contributed by atoms with Crippen LogP contribution in [0.4, 0.5) is 0 Å². The summed E-state index contributed by atoms with van der Waals surface area (Å²) in [5.41, 5.74) is 5.53. The molecule has 4 aliphatic heterocycles. The van der Waals surface area contributed by atoms with E-state index in [4.69, 9.17) is 33.7 Å². The summed E-state index contributed by atoms with van der Waals surface area (Å²) in [5.74, 6) is -8.34. The van der Waals surface area contributed by atoms with Crippen LogP contribution in [-0.2, 0) is 57.2 Å². The van der Waals surface area contributed by atoms with Crippen molar-refractivity contribution in [2.45, 2.75) is 224 Å². The summed E-state index contributed by atoms with van der Waals surface area (Å²) in [6.07, 6.45) is 2.92. The molecule has 6 heterocycles. The molecule has 1 unspecified atom stereocenters. The molecule has 0 saturated heterocycles. The number of imide groups is 1. The summed E-state index contributed by atoms with van der Waals surface area (Å²) < 4.78 is 28.7. The fourth-order valence-corrected chi connectivity index (χ4v) is 11.5. The Morgan fingerprint density at radius 1 is 0.582 bits per heavy atom. The van der Waals surface area contributed by atoms with E-state index in [0.717, 1.165) is 55.5 Å². The number of hydrogen-bond acceptors (Lipinski definition) is 16. The van der Waals surface area contributed by atoms with Gasteiger partial charge in [-0.25, -0.2) is 9.97 Å². The van der Waals surface area contributed by atoms with Gasteiger partial charge < -0.3 is 48.4 Å². The van der Waals surface area contributed by atoms with Crippen molar-refractivity contribution in [3.05, 3.63) is 69.1 Å². The maximum absolute atomic E-state index is 15.4. The Balaban J connectivity index is 1.56. The van der Waals surface area contributed by atoms with Crippen LogP contribution in [0.1, 0.15) is 249 Å². The average molecular weight is 1260 g/mol. The summed E-state index contributed by atoms with van der Waals surface area (Å²) in [6.45, 7) is 31.5. The number of aromatic nitrogens is 4. The van der Waals surface area contributed by atoms with E-state index in [2.05, 4.69) is 23.8 Å². The van der Waals surface area contributed by atoms with E-state index in [-0.39, 0.29) is 31.1 Å². The number of hydrogen-bond donors (Lipinski definition) is 2. The van der Waals surface area contributed by atoms with Crippen LogP contribution < -0.4 is 0 Å². The number of rotatable bonds is 24. The van der Waals surface area contributed by atoms with Crippen molar-refractivity contribution in [3.8, 4) is 0 Å². The standard InChI is InChI=1S/C69H98N8O14/c1-21-24-28-77-64(85)60-42(7)49-31-50-44(23-3)39(4)46(70-50)32-51-59(43(8)87-29-25-22-2)41(6)48(71-51)30-47-40(5)45(62(72-47)61(65(77)86)63(60)73-49)26-27-52(78)74(33-53(79)75(35-55(81)88-66(9,10)11)36-56(82)89-67(12,13)14)34-54(80)76(37-57(83)90-68(15,16)17)38-58(84)91-69(18,19)20/h30-32,40,43,45,72-73H,21-29,33-38H2,1-20H3/t40-,43?,45-/m0/s1. The molecule has 22 nitrogen and oxygen atoms in total. The molecule has 0 radical (unpaired) electrons. The third kappa shape index (κ3) is 18.7. The van der Waals surface area contributed by atoms with E-state index < -0.39 is 127 Å². The number of aromatic amines is 2. The van der Waals surface area contributed by atoms with Crippen molar-refractivity contribution in [2.24, 2.45) is 0 Å². The summed E-state index contributed by atoms with van der Waals surface area (Å²) in [5, 5.41) is 0. The van der Waals surface area contributed by atoms with E-state index in [9.17, 15) is 33.6 Å². The maximum Gasteiger partial charge on any atom is 0.326 e. The van der Waals surface area contributed by atoms with Crippen molar-refractivity contribution >= 4 is 86.7 Å². The Morgan fingerprint density at radius 3 is 1.52 bits per heavy atom. The lowest BCUT2D eigenvalue weighted by molar-refractivity contribution is -0.164. The molecule has 2 N–H and O–H groups in total. The fraction of sp³-hybridized carbons (Fsp3) is 0.609. The molecule has 0 aliphatic carbocycles. The number of allylic oxidation sites excluding steroid dienone is 3. The minimum atomic E-state index is -0.998. The van der Waals surface area contributed by atoms with E-state index in [1.54, 1.807) is 83.1 Å². The number of nitrogens with zero attached hydrogens (tertiary/aromatic N) is 6. The largest absolute Gasteiger partial charge is 0.459 e. The van der Waals surface area contributed by atoms with Gasteiger partial charge in [0.25, 0.3) is 11.8 Å². The van der Waals surface area contributed by atoms with Gasteiger partial charge in [-0.3, -0.25) is 48.1 Å². The van der Waals surface area contributed by atoms with Crippen LogP contribution in [0.2, 0.25) is 0 Å². The molecule has 3 atom stereocenters. The minimum absolute atomic E-state index is 0.0234. The Morgan fingerprint density at radius 2 is 1.04 bits per heavy atom. The van der Waals surface area contributed by atoms with Gasteiger partial charge in [-0.15, -0.1) is 0 Å². The van der Waals surface area contributed by atoms with Crippen molar-refractivity contribution in [2.75, 3.05) is 52.4 Å². The Labute approximate surface area is 536 Å². The zero-order chi connectivity index (χ0) is 68.0. The van der Waals surface area contributed by atoms with Gasteiger partial charge in [0.2, 0.25) is 17.7 Å². The summed E-state index contributed by atoms with van der Waals surface area (Å²) >= 11 is 0. The molecule has 0 aromatic carbocycles. The molecule has 91 heavy (non-hydrogen) atoms. The van der Waals surface area contributed by atoms with Crippen LogP contribution in [0.3, 0.4) is 0 Å². The van der Waals surface area contributed by atoms with Gasteiger partial charge in [0, 0.05) is 53.9 Å². The highest BCUT2D eigenvalue weighted by atomic mass is 16.6. The summed E-state index contributed by atoms with van der Waals surface area (Å²) in [6, 6.07) is 5.85. The first-order valence-electron chi connectivity index (χ1n) is 31.9. The molecule has 4 aliphatic rings. The normalized spacial score (nSPS) is 15.9. The Hall–Kier alpha value is -7.75. The molecular formula is C69H98N8O14.